The Morgan fingerprint density at radius 1 is 1.20 bits per heavy atom. The minimum atomic E-state index is -0.871. The molecule has 178 valence electrons. The number of rotatable bonds is 4. The third-order valence-electron chi connectivity index (χ3n) is 6.52. The Morgan fingerprint density at radius 2 is 1.97 bits per heavy atom. The smallest absolute Gasteiger partial charge is 0.235 e. The van der Waals surface area contributed by atoms with Crippen LogP contribution in [0.2, 0.25) is 0 Å². The molecule has 35 heavy (non-hydrogen) atoms. The maximum absolute atomic E-state index is 14.3. The van der Waals surface area contributed by atoms with E-state index in [1.807, 2.05) is 4.90 Å². The highest BCUT2D eigenvalue weighted by molar-refractivity contribution is 6.06. The lowest BCUT2D eigenvalue weighted by molar-refractivity contribution is -0.119. The highest BCUT2D eigenvalue weighted by Crippen LogP contribution is 2.44. The number of aliphatic hydroxyl groups excluding tert-OH is 1. The molecular formula is C24H21F2N7O2. The van der Waals surface area contributed by atoms with Crippen molar-refractivity contribution in [2.24, 2.45) is 0 Å². The normalized spacial score (nSPS) is 16.9. The third kappa shape index (κ3) is 3.34. The summed E-state index contributed by atoms with van der Waals surface area (Å²) in [5.74, 6) is -0.142. The average molecular weight is 477 g/mol. The monoisotopic (exact) mass is 477 g/mol. The number of pyridine rings is 1. The lowest BCUT2D eigenvalue weighted by atomic mass is 9.86. The van der Waals surface area contributed by atoms with E-state index in [-0.39, 0.29) is 24.0 Å². The predicted octanol–water partition coefficient (Wildman–Crippen LogP) is 2.63. The van der Waals surface area contributed by atoms with E-state index in [2.05, 4.69) is 20.4 Å². The Bertz CT molecular complexity index is 1510. The molecule has 0 saturated carbocycles. The minimum absolute atomic E-state index is 0.0711. The summed E-state index contributed by atoms with van der Waals surface area (Å²) >= 11 is 0. The van der Waals surface area contributed by atoms with Crippen molar-refractivity contribution in [3.05, 3.63) is 59.3 Å². The second-order valence-corrected chi connectivity index (χ2v) is 9.35. The van der Waals surface area contributed by atoms with E-state index in [1.54, 1.807) is 32.0 Å². The van der Waals surface area contributed by atoms with Gasteiger partial charge in [0.1, 0.15) is 29.0 Å². The van der Waals surface area contributed by atoms with Gasteiger partial charge in [-0.15, -0.1) is 0 Å². The summed E-state index contributed by atoms with van der Waals surface area (Å²) in [6.45, 7) is 4.38. The zero-order valence-electron chi connectivity index (χ0n) is 19.0. The summed E-state index contributed by atoms with van der Waals surface area (Å²) in [5, 5.41) is 17.6. The van der Waals surface area contributed by atoms with Gasteiger partial charge in [0.25, 0.3) is 0 Å². The lowest BCUT2D eigenvalue weighted by Gasteiger charge is -2.38. The van der Waals surface area contributed by atoms with Crippen molar-refractivity contribution in [2.45, 2.75) is 31.9 Å². The quantitative estimate of drug-likeness (QED) is 0.465. The van der Waals surface area contributed by atoms with Gasteiger partial charge in [0, 0.05) is 18.7 Å². The van der Waals surface area contributed by atoms with Crippen LogP contribution in [0.4, 0.5) is 20.4 Å². The number of fused-ring (bicyclic) bond motifs is 2. The highest BCUT2D eigenvalue weighted by atomic mass is 19.1. The summed E-state index contributed by atoms with van der Waals surface area (Å²) in [7, 11) is 0. The van der Waals surface area contributed by atoms with Crippen molar-refractivity contribution in [3.63, 3.8) is 0 Å². The number of carbonyl (C=O) groups is 1. The zero-order valence-corrected chi connectivity index (χ0v) is 19.0. The van der Waals surface area contributed by atoms with E-state index in [4.69, 9.17) is 4.98 Å². The maximum atomic E-state index is 14.3. The number of aliphatic hydroxyl groups is 1. The molecule has 0 atom stereocenters. The molecule has 1 fully saturated rings. The van der Waals surface area contributed by atoms with Crippen LogP contribution >= 0.6 is 0 Å². The highest BCUT2D eigenvalue weighted by Gasteiger charge is 2.45. The second-order valence-electron chi connectivity index (χ2n) is 9.35. The van der Waals surface area contributed by atoms with Crippen molar-refractivity contribution in [1.82, 2.24) is 24.7 Å². The Hall–Kier alpha value is -3.99. The van der Waals surface area contributed by atoms with Gasteiger partial charge >= 0.3 is 0 Å². The Balaban J connectivity index is 1.54. The standard InChI is InChI=1S/C24H21F2N7O2/c1-24(2)17-19(30-23(24)35)28-20(29-22(17)32-10-14(34)11-32)18-15-7-13(25)8-27-21(15)33(31-18)9-12-5-3-4-6-16(12)26/h3-8,14,34H,9-11H2,1-2H3,(H,28,29,30,35). The molecular weight excluding hydrogens is 456 g/mol. The van der Waals surface area contributed by atoms with Crippen LogP contribution < -0.4 is 10.2 Å². The van der Waals surface area contributed by atoms with E-state index in [9.17, 15) is 18.7 Å². The number of halogens is 2. The first-order valence-corrected chi connectivity index (χ1v) is 11.1. The molecule has 1 saturated heterocycles. The van der Waals surface area contributed by atoms with Crippen molar-refractivity contribution in [1.29, 1.82) is 0 Å². The summed E-state index contributed by atoms with van der Waals surface area (Å²) in [6.07, 6.45) is 0.585. The molecule has 0 aliphatic carbocycles. The van der Waals surface area contributed by atoms with Gasteiger partial charge < -0.3 is 15.3 Å². The average Bonchev–Trinajstić information content (AvgIpc) is 3.26. The van der Waals surface area contributed by atoms with Crippen LogP contribution in [0.3, 0.4) is 0 Å². The van der Waals surface area contributed by atoms with E-state index in [0.717, 1.165) is 6.20 Å². The number of nitrogens with zero attached hydrogens (tertiary/aromatic N) is 6. The molecule has 2 N–H and O–H groups in total. The van der Waals surface area contributed by atoms with Crippen LogP contribution in [-0.2, 0) is 16.8 Å². The number of hydrogen-bond acceptors (Lipinski definition) is 7. The summed E-state index contributed by atoms with van der Waals surface area (Å²) in [4.78, 5) is 28.0. The number of β-amino-alcohol motifs (C(OH)–C–C–N with tert-alkyl or cyclic N) is 1. The van der Waals surface area contributed by atoms with Gasteiger partial charge in [-0.3, -0.25) is 4.79 Å². The molecule has 0 radical (unpaired) electrons. The SMILES string of the molecule is CC1(C)C(=O)Nc2nc(-c3nn(Cc4ccccc4F)c4ncc(F)cc34)nc(N3CC(O)C3)c21. The molecule has 0 spiro atoms. The van der Waals surface area contributed by atoms with Gasteiger partial charge in [0.05, 0.1) is 35.2 Å². The Kier molecular flexibility index (Phi) is 4.62. The fraction of sp³-hybridized carbons (Fsp3) is 0.292. The van der Waals surface area contributed by atoms with E-state index < -0.39 is 23.2 Å². The Labute approximate surface area is 198 Å². The number of benzene rings is 1. The van der Waals surface area contributed by atoms with Gasteiger partial charge in [-0.2, -0.15) is 5.10 Å². The molecule has 4 aromatic rings. The first-order chi connectivity index (χ1) is 16.7. The van der Waals surface area contributed by atoms with Gasteiger partial charge in [-0.1, -0.05) is 18.2 Å². The minimum Gasteiger partial charge on any atom is -0.389 e. The largest absolute Gasteiger partial charge is 0.389 e. The van der Waals surface area contributed by atoms with Crippen LogP contribution in [0, 0.1) is 11.6 Å². The zero-order chi connectivity index (χ0) is 24.5. The van der Waals surface area contributed by atoms with E-state index in [1.165, 1.54) is 16.8 Å². The first-order valence-electron chi connectivity index (χ1n) is 11.1. The van der Waals surface area contributed by atoms with Crippen LogP contribution in [0.15, 0.2) is 36.5 Å². The molecule has 2 aliphatic heterocycles. The predicted molar refractivity (Wildman–Crippen MR) is 124 cm³/mol. The van der Waals surface area contributed by atoms with E-state index in [0.29, 0.717) is 46.9 Å². The van der Waals surface area contributed by atoms with Crippen LogP contribution in [0.25, 0.3) is 22.6 Å². The molecule has 0 bridgehead atoms. The number of amides is 1. The molecule has 9 nitrogen and oxygen atoms in total. The second kappa shape index (κ2) is 7.51. The van der Waals surface area contributed by atoms with Gasteiger partial charge in [0.2, 0.25) is 5.91 Å². The number of hydrogen-bond donors (Lipinski definition) is 2. The molecule has 3 aromatic heterocycles. The number of anilines is 2. The maximum Gasteiger partial charge on any atom is 0.235 e. The van der Waals surface area contributed by atoms with Crippen LogP contribution in [0.1, 0.15) is 25.0 Å². The molecule has 6 rings (SSSR count). The van der Waals surface area contributed by atoms with Crippen molar-refractivity contribution in [3.8, 4) is 11.5 Å². The van der Waals surface area contributed by atoms with Gasteiger partial charge in [-0.05, 0) is 26.0 Å². The summed E-state index contributed by atoms with van der Waals surface area (Å²) in [6, 6.07) is 7.61. The molecule has 1 aromatic carbocycles. The molecule has 1 amide bonds. The fourth-order valence-electron chi connectivity index (χ4n) is 4.55. The molecule has 0 unspecified atom stereocenters. The molecule has 2 aliphatic rings. The topological polar surface area (TPSA) is 109 Å². The number of carbonyl (C=O) groups excluding carboxylic acids is 1. The van der Waals surface area contributed by atoms with Crippen LogP contribution in [-0.4, -0.2) is 54.9 Å². The van der Waals surface area contributed by atoms with Crippen molar-refractivity contribution in [2.75, 3.05) is 23.3 Å². The molecule has 5 heterocycles. The number of nitrogens with one attached hydrogen (secondary N) is 1. The fourth-order valence-corrected chi connectivity index (χ4v) is 4.55. The Morgan fingerprint density at radius 3 is 2.71 bits per heavy atom. The lowest BCUT2D eigenvalue weighted by Crippen LogP contribution is -2.52. The summed E-state index contributed by atoms with van der Waals surface area (Å²) in [5.41, 5.74) is 0.765. The van der Waals surface area contributed by atoms with Crippen molar-refractivity contribution < 1.29 is 18.7 Å². The van der Waals surface area contributed by atoms with Gasteiger partial charge in [0.15, 0.2) is 11.5 Å². The molecule has 11 heteroatoms. The van der Waals surface area contributed by atoms with E-state index >= 15 is 0 Å². The van der Waals surface area contributed by atoms with Crippen LogP contribution in [0.5, 0.6) is 0 Å². The number of aromatic nitrogens is 5. The summed E-state index contributed by atoms with van der Waals surface area (Å²) < 4.78 is 30.0. The van der Waals surface area contributed by atoms with Crippen molar-refractivity contribution >= 4 is 28.6 Å². The third-order valence-corrected chi connectivity index (χ3v) is 6.52. The first kappa shape index (κ1) is 21.5. The van der Waals surface area contributed by atoms with Gasteiger partial charge in [-0.25, -0.2) is 28.4 Å².